The number of rotatable bonds is 5. The van der Waals surface area contributed by atoms with E-state index in [1.54, 1.807) is 19.3 Å². The number of amides is 1. The van der Waals surface area contributed by atoms with Gasteiger partial charge in [-0.2, -0.15) is 0 Å². The summed E-state index contributed by atoms with van der Waals surface area (Å²) in [5.41, 5.74) is 1.18. The molecule has 1 aliphatic heterocycles. The third-order valence-electron chi connectivity index (χ3n) is 7.85. The van der Waals surface area contributed by atoms with Crippen molar-refractivity contribution in [2.45, 2.75) is 38.5 Å². The summed E-state index contributed by atoms with van der Waals surface area (Å²) in [5.74, 6) is 2.50. The van der Waals surface area contributed by atoms with Crippen LogP contribution in [0.2, 0.25) is 0 Å². The predicted molar refractivity (Wildman–Crippen MR) is 144 cm³/mol. The number of benzene rings is 2. The predicted octanol–water partition coefficient (Wildman–Crippen LogP) is 6.47. The molecule has 1 N–H and O–H groups in total. The molecule has 0 radical (unpaired) electrons. The Balaban J connectivity index is 1.22. The topological polar surface area (TPSA) is 77.0 Å². The monoisotopic (exact) mass is 566 g/mol. The van der Waals surface area contributed by atoms with Gasteiger partial charge in [0.05, 0.1) is 27.6 Å². The molecular formula is C28H27BrN2O4S. The Morgan fingerprint density at radius 3 is 2.42 bits per heavy atom. The first-order chi connectivity index (χ1) is 17.4. The van der Waals surface area contributed by atoms with Crippen molar-refractivity contribution in [1.29, 1.82) is 0 Å². The summed E-state index contributed by atoms with van der Waals surface area (Å²) in [7, 11) is 1.56. The maximum absolute atomic E-state index is 13.5. The number of carbonyl (C=O) groups is 2. The number of hydrogen-bond acceptors (Lipinski definition) is 6. The molecule has 4 aliphatic carbocycles. The van der Waals surface area contributed by atoms with E-state index in [1.807, 2.05) is 36.4 Å². The average molecular weight is 568 g/mol. The zero-order valence-electron chi connectivity index (χ0n) is 20.0. The summed E-state index contributed by atoms with van der Waals surface area (Å²) in [6.07, 6.45) is 8.43. The van der Waals surface area contributed by atoms with Gasteiger partial charge in [0.25, 0.3) is 5.91 Å². The van der Waals surface area contributed by atoms with E-state index in [2.05, 4.69) is 26.2 Å². The Morgan fingerprint density at radius 2 is 1.78 bits per heavy atom. The fourth-order valence-electron chi connectivity index (χ4n) is 6.74. The van der Waals surface area contributed by atoms with Crippen LogP contribution in [0.25, 0.3) is 6.08 Å². The van der Waals surface area contributed by atoms with Crippen molar-refractivity contribution >= 4 is 56.5 Å². The van der Waals surface area contributed by atoms with Gasteiger partial charge in [0.2, 0.25) is 0 Å². The molecule has 0 spiro atoms. The van der Waals surface area contributed by atoms with Gasteiger partial charge in [-0.05, 0) is 120 Å². The number of amidine groups is 1. The van der Waals surface area contributed by atoms with E-state index in [4.69, 9.17) is 9.47 Å². The number of thioether (sulfide) groups is 1. The fraction of sp³-hybridized carbons (Fsp3) is 0.393. The van der Waals surface area contributed by atoms with E-state index < -0.39 is 0 Å². The Hall–Kier alpha value is -2.58. The van der Waals surface area contributed by atoms with Crippen molar-refractivity contribution in [2.24, 2.45) is 28.2 Å². The van der Waals surface area contributed by atoms with Crippen molar-refractivity contribution in [2.75, 3.05) is 7.11 Å². The van der Waals surface area contributed by atoms with Gasteiger partial charge in [0, 0.05) is 0 Å². The van der Waals surface area contributed by atoms with Crippen LogP contribution in [-0.4, -0.2) is 24.2 Å². The lowest BCUT2D eigenvalue weighted by atomic mass is 9.49. The van der Waals surface area contributed by atoms with Crippen LogP contribution in [0.4, 0.5) is 5.69 Å². The smallest absolute Gasteiger partial charge is 0.317 e. The number of hydrogen-bond donors (Lipinski definition) is 1. The number of nitrogens with zero attached hydrogens (tertiary/aromatic N) is 1. The number of halogens is 1. The molecule has 0 aromatic heterocycles. The highest BCUT2D eigenvalue weighted by Gasteiger charge is 2.55. The molecule has 1 heterocycles. The minimum absolute atomic E-state index is 0.126. The fourth-order valence-corrected chi connectivity index (χ4v) is 8.12. The van der Waals surface area contributed by atoms with Crippen LogP contribution in [0, 0.1) is 23.2 Å². The molecule has 36 heavy (non-hydrogen) atoms. The lowest BCUT2D eigenvalue weighted by molar-refractivity contribution is -0.161. The number of aliphatic imine (C=N–C) groups is 1. The highest BCUT2D eigenvalue weighted by molar-refractivity contribution is 9.10. The molecule has 2 aromatic carbocycles. The van der Waals surface area contributed by atoms with Gasteiger partial charge < -0.3 is 14.8 Å². The van der Waals surface area contributed by atoms with Gasteiger partial charge in [-0.3, -0.25) is 9.59 Å². The first-order valence-corrected chi connectivity index (χ1v) is 14.0. The van der Waals surface area contributed by atoms with Crippen LogP contribution >= 0.6 is 27.7 Å². The van der Waals surface area contributed by atoms with Crippen molar-refractivity contribution in [1.82, 2.24) is 5.32 Å². The summed E-state index contributed by atoms with van der Waals surface area (Å²) in [6, 6.07) is 13.1. The molecule has 5 fully saturated rings. The van der Waals surface area contributed by atoms with E-state index in [0.29, 0.717) is 43.8 Å². The lowest BCUT2D eigenvalue weighted by Crippen LogP contribution is -2.51. The van der Waals surface area contributed by atoms with E-state index in [-0.39, 0.29) is 17.3 Å². The summed E-state index contributed by atoms with van der Waals surface area (Å²) in [4.78, 5) is 31.1. The molecular weight excluding hydrogens is 540 g/mol. The second-order valence-corrected chi connectivity index (χ2v) is 12.3. The SMILES string of the molecule is COc1cc(C=C2SC(=Nc3ccccc3)NC2=O)cc(Br)c1OC(=O)C12CC3CC(CC(C3)C1)C2. The zero-order chi connectivity index (χ0) is 24.9. The zero-order valence-corrected chi connectivity index (χ0v) is 22.4. The Labute approximate surface area is 223 Å². The highest BCUT2D eigenvalue weighted by atomic mass is 79.9. The molecule has 186 valence electrons. The molecule has 5 aliphatic rings. The van der Waals surface area contributed by atoms with E-state index in [1.165, 1.54) is 31.0 Å². The average Bonchev–Trinajstić information content (AvgIpc) is 3.18. The van der Waals surface area contributed by atoms with E-state index >= 15 is 0 Å². The van der Waals surface area contributed by atoms with Gasteiger partial charge in [0.15, 0.2) is 16.7 Å². The van der Waals surface area contributed by atoms with Crippen LogP contribution in [0.3, 0.4) is 0 Å². The second kappa shape index (κ2) is 9.38. The minimum Gasteiger partial charge on any atom is -0.493 e. The third kappa shape index (κ3) is 4.50. The molecule has 4 saturated carbocycles. The number of ether oxygens (including phenoxy) is 2. The molecule has 0 atom stereocenters. The lowest BCUT2D eigenvalue weighted by Gasteiger charge is -2.55. The molecule has 6 nitrogen and oxygen atoms in total. The van der Waals surface area contributed by atoms with E-state index in [0.717, 1.165) is 30.5 Å². The molecule has 1 saturated heterocycles. The Bertz CT molecular complexity index is 1250. The van der Waals surface area contributed by atoms with Gasteiger partial charge in [-0.25, -0.2) is 4.99 Å². The Morgan fingerprint density at radius 1 is 1.11 bits per heavy atom. The number of carbonyl (C=O) groups excluding carboxylic acids is 2. The van der Waals surface area contributed by atoms with Gasteiger partial charge in [0.1, 0.15) is 0 Å². The van der Waals surface area contributed by atoms with Crippen LogP contribution in [0.5, 0.6) is 11.5 Å². The highest BCUT2D eigenvalue weighted by Crippen LogP contribution is 2.60. The molecule has 7 rings (SSSR count). The third-order valence-corrected chi connectivity index (χ3v) is 9.35. The number of nitrogens with one attached hydrogen (secondary N) is 1. The maximum atomic E-state index is 13.5. The summed E-state index contributed by atoms with van der Waals surface area (Å²) < 4.78 is 12.3. The van der Waals surface area contributed by atoms with Crippen molar-refractivity contribution in [3.8, 4) is 11.5 Å². The molecule has 2 aromatic rings. The summed E-state index contributed by atoms with van der Waals surface area (Å²) in [6.45, 7) is 0. The largest absolute Gasteiger partial charge is 0.493 e. The molecule has 4 bridgehead atoms. The summed E-state index contributed by atoms with van der Waals surface area (Å²) >= 11 is 4.86. The number of esters is 1. The van der Waals surface area contributed by atoms with Crippen molar-refractivity contribution in [3.63, 3.8) is 0 Å². The minimum atomic E-state index is -0.354. The van der Waals surface area contributed by atoms with Crippen LogP contribution in [0.15, 0.2) is 56.8 Å². The van der Waals surface area contributed by atoms with Crippen LogP contribution in [-0.2, 0) is 9.59 Å². The molecule has 0 unspecified atom stereocenters. The van der Waals surface area contributed by atoms with Gasteiger partial charge in [-0.15, -0.1) is 0 Å². The van der Waals surface area contributed by atoms with Crippen molar-refractivity contribution < 1.29 is 19.1 Å². The number of para-hydroxylation sites is 1. The quantitative estimate of drug-likeness (QED) is 0.255. The van der Waals surface area contributed by atoms with Crippen LogP contribution < -0.4 is 14.8 Å². The first kappa shape index (κ1) is 23.8. The first-order valence-electron chi connectivity index (χ1n) is 12.4. The number of methoxy groups -OCH3 is 1. The Kier molecular flexibility index (Phi) is 6.20. The maximum Gasteiger partial charge on any atom is 0.317 e. The second-order valence-electron chi connectivity index (χ2n) is 10.4. The normalized spacial score (nSPS) is 30.6. The van der Waals surface area contributed by atoms with Crippen molar-refractivity contribution in [3.05, 3.63) is 57.4 Å². The summed E-state index contributed by atoms with van der Waals surface area (Å²) in [5, 5.41) is 3.34. The van der Waals surface area contributed by atoms with Crippen LogP contribution in [0.1, 0.15) is 44.1 Å². The molecule has 8 heteroatoms. The molecule has 1 amide bonds. The van der Waals surface area contributed by atoms with Gasteiger partial charge >= 0.3 is 5.97 Å². The van der Waals surface area contributed by atoms with Gasteiger partial charge in [-0.1, -0.05) is 18.2 Å². The standard InChI is InChI=1S/C28H27BrN2O4S/c1-34-22-11-16(12-23-25(32)31-27(36-23)30-20-5-3-2-4-6-20)10-21(29)24(22)35-26(33)28-13-17-7-18(14-28)9-19(8-17)15-28/h2-6,10-12,17-19H,7-9,13-15H2,1H3,(H,30,31,32). The van der Waals surface area contributed by atoms with E-state index in [9.17, 15) is 9.59 Å².